The minimum Gasteiger partial charge on any atom is -1.00 e. The lowest BCUT2D eigenvalue weighted by molar-refractivity contribution is -0.918. The zero-order chi connectivity index (χ0) is 13.0. The van der Waals surface area contributed by atoms with Gasteiger partial charge in [-0.1, -0.05) is 13.2 Å². The van der Waals surface area contributed by atoms with E-state index in [0.717, 1.165) is 57.1 Å². The Labute approximate surface area is 123 Å². The molecule has 0 saturated heterocycles. The zero-order valence-electron chi connectivity index (χ0n) is 11.9. The monoisotopic (exact) mass is 321 g/mol. The van der Waals surface area contributed by atoms with E-state index in [1.165, 1.54) is 0 Å². The predicted molar refractivity (Wildman–Crippen MR) is 73.1 cm³/mol. The number of rotatable bonds is 12. The maximum atomic E-state index is 5.46. The van der Waals surface area contributed by atoms with Crippen LogP contribution in [0, 0.1) is 0 Å². The van der Waals surface area contributed by atoms with Gasteiger partial charge in [0.2, 0.25) is 0 Å². The molecular weight excluding hydrogens is 294 g/mol. The second-order valence-electron chi connectivity index (χ2n) is 4.13. The van der Waals surface area contributed by atoms with Crippen molar-refractivity contribution in [3.8, 4) is 0 Å². The van der Waals surface area contributed by atoms with E-state index in [2.05, 4.69) is 13.2 Å². The molecule has 0 N–H and O–H groups in total. The van der Waals surface area contributed by atoms with Gasteiger partial charge < -0.3 is 30.9 Å². The molecule has 0 rings (SSSR count). The summed E-state index contributed by atoms with van der Waals surface area (Å²) >= 11 is 0. The number of ether oxygens (including phenoxy) is 2. The summed E-state index contributed by atoms with van der Waals surface area (Å²) in [4.78, 5) is 0. The molecule has 0 bridgehead atoms. The van der Waals surface area contributed by atoms with Crippen molar-refractivity contribution in [3.05, 3.63) is 25.3 Å². The first-order valence-corrected chi connectivity index (χ1v) is 6.47. The average Bonchev–Trinajstić information content (AvgIpc) is 2.30. The quantitative estimate of drug-likeness (QED) is 0.268. The average molecular weight is 322 g/mol. The number of quaternary nitrogens is 1. The van der Waals surface area contributed by atoms with E-state index >= 15 is 0 Å². The Morgan fingerprint density at radius 2 is 1.28 bits per heavy atom. The molecule has 0 spiro atoms. The highest BCUT2D eigenvalue weighted by Crippen LogP contribution is 2.08. The van der Waals surface area contributed by atoms with Crippen LogP contribution < -0.4 is 17.0 Å². The fourth-order valence-electron chi connectivity index (χ4n) is 1.90. The van der Waals surface area contributed by atoms with Gasteiger partial charge in [0, 0.05) is 13.2 Å². The van der Waals surface area contributed by atoms with Crippen molar-refractivity contribution in [3.63, 3.8) is 0 Å². The van der Waals surface area contributed by atoms with Crippen LogP contribution in [0.2, 0.25) is 0 Å². The Morgan fingerprint density at radius 1 is 0.889 bits per heavy atom. The molecule has 0 unspecified atom stereocenters. The Hall–Kier alpha value is -0.160. The molecule has 0 atom stereocenters. The standard InChI is InChI=1S/C14H28NO2.BrH/c1-5-9-15(10-6-2,11-13-16-7-3)12-14-17-8-4;/h5-6H,1-2,7-14H2,3-4H3;1H/q+1;/p-1. The van der Waals surface area contributed by atoms with E-state index in [9.17, 15) is 0 Å². The van der Waals surface area contributed by atoms with Gasteiger partial charge in [-0.3, -0.25) is 0 Å². The maximum absolute atomic E-state index is 5.46. The van der Waals surface area contributed by atoms with Crippen molar-refractivity contribution < 1.29 is 30.9 Å². The van der Waals surface area contributed by atoms with Gasteiger partial charge in [-0.2, -0.15) is 0 Å². The first kappa shape index (κ1) is 20.2. The summed E-state index contributed by atoms with van der Waals surface area (Å²) in [7, 11) is 0. The molecule has 0 heterocycles. The molecule has 0 amide bonds. The van der Waals surface area contributed by atoms with Crippen LogP contribution in [0.3, 0.4) is 0 Å². The summed E-state index contributed by atoms with van der Waals surface area (Å²) in [6.07, 6.45) is 3.95. The van der Waals surface area contributed by atoms with E-state index in [4.69, 9.17) is 9.47 Å². The second-order valence-corrected chi connectivity index (χ2v) is 4.13. The molecule has 0 fully saturated rings. The lowest BCUT2D eigenvalue weighted by Crippen LogP contribution is -3.00. The first-order valence-electron chi connectivity index (χ1n) is 6.47. The second kappa shape index (κ2) is 13.3. The molecule has 4 heteroatoms. The van der Waals surface area contributed by atoms with Crippen LogP contribution in [0.4, 0.5) is 0 Å². The Bertz CT molecular complexity index is 188. The van der Waals surface area contributed by atoms with Gasteiger partial charge in [0.05, 0.1) is 26.3 Å². The third-order valence-corrected chi connectivity index (χ3v) is 2.86. The van der Waals surface area contributed by atoms with Crippen LogP contribution in [0.15, 0.2) is 25.3 Å². The van der Waals surface area contributed by atoms with E-state index in [-0.39, 0.29) is 17.0 Å². The highest BCUT2D eigenvalue weighted by atomic mass is 79.9. The molecule has 18 heavy (non-hydrogen) atoms. The van der Waals surface area contributed by atoms with Crippen LogP contribution in [0.1, 0.15) is 13.8 Å². The minimum atomic E-state index is 0. The predicted octanol–water partition coefficient (Wildman–Crippen LogP) is -0.748. The molecule has 0 aliphatic rings. The molecule has 0 aliphatic heterocycles. The minimum absolute atomic E-state index is 0. The van der Waals surface area contributed by atoms with Gasteiger partial charge in [-0.25, -0.2) is 0 Å². The highest BCUT2D eigenvalue weighted by Gasteiger charge is 2.23. The molecule has 0 aromatic heterocycles. The number of nitrogens with zero attached hydrogens (tertiary/aromatic N) is 1. The van der Waals surface area contributed by atoms with E-state index in [1.807, 2.05) is 26.0 Å². The largest absolute Gasteiger partial charge is 1.00 e. The van der Waals surface area contributed by atoms with Gasteiger partial charge in [-0.15, -0.1) is 0 Å². The lowest BCUT2D eigenvalue weighted by atomic mass is 10.3. The maximum Gasteiger partial charge on any atom is 0.103 e. The van der Waals surface area contributed by atoms with Crippen molar-refractivity contribution in [2.45, 2.75) is 13.8 Å². The van der Waals surface area contributed by atoms with Gasteiger partial charge in [-0.05, 0) is 26.0 Å². The molecule has 0 aromatic carbocycles. The molecule has 108 valence electrons. The lowest BCUT2D eigenvalue weighted by Gasteiger charge is -2.36. The van der Waals surface area contributed by atoms with E-state index in [1.54, 1.807) is 0 Å². The number of halogens is 1. The number of hydrogen-bond acceptors (Lipinski definition) is 2. The molecule has 0 saturated carbocycles. The van der Waals surface area contributed by atoms with Crippen LogP contribution in [-0.2, 0) is 9.47 Å². The van der Waals surface area contributed by atoms with Crippen LogP contribution in [0.5, 0.6) is 0 Å². The van der Waals surface area contributed by atoms with Crippen LogP contribution >= 0.6 is 0 Å². The Balaban J connectivity index is 0. The normalized spacial score (nSPS) is 10.8. The van der Waals surface area contributed by atoms with Crippen molar-refractivity contribution in [1.29, 1.82) is 0 Å². The van der Waals surface area contributed by atoms with E-state index in [0.29, 0.717) is 0 Å². The SMILES string of the molecule is C=CC[N+](CC=C)(CCOCC)CCOCC.[Br-]. The summed E-state index contributed by atoms with van der Waals surface area (Å²) in [5, 5.41) is 0. The molecule has 0 radical (unpaired) electrons. The van der Waals surface area contributed by atoms with Gasteiger partial charge >= 0.3 is 0 Å². The third kappa shape index (κ3) is 8.86. The number of hydrogen-bond donors (Lipinski definition) is 0. The molecular formula is C14H28BrNO2. The van der Waals surface area contributed by atoms with Gasteiger partial charge in [0.1, 0.15) is 13.1 Å². The van der Waals surface area contributed by atoms with Gasteiger partial charge in [0.25, 0.3) is 0 Å². The van der Waals surface area contributed by atoms with Crippen molar-refractivity contribution >= 4 is 0 Å². The van der Waals surface area contributed by atoms with E-state index < -0.39 is 0 Å². The molecule has 0 aromatic rings. The fourth-order valence-corrected chi connectivity index (χ4v) is 1.90. The summed E-state index contributed by atoms with van der Waals surface area (Å²) in [5.41, 5.74) is 0. The van der Waals surface area contributed by atoms with Crippen molar-refractivity contribution in [1.82, 2.24) is 0 Å². The van der Waals surface area contributed by atoms with Crippen LogP contribution in [0.25, 0.3) is 0 Å². The first-order chi connectivity index (χ1) is 8.24. The summed E-state index contributed by atoms with van der Waals surface area (Å²) in [6, 6.07) is 0. The third-order valence-electron chi connectivity index (χ3n) is 2.86. The topological polar surface area (TPSA) is 18.5 Å². The summed E-state index contributed by atoms with van der Waals surface area (Å²) in [5.74, 6) is 0. The molecule has 3 nitrogen and oxygen atoms in total. The highest BCUT2D eigenvalue weighted by molar-refractivity contribution is 4.72. The summed E-state index contributed by atoms with van der Waals surface area (Å²) < 4.78 is 11.8. The fraction of sp³-hybridized carbons (Fsp3) is 0.714. The summed E-state index contributed by atoms with van der Waals surface area (Å²) in [6.45, 7) is 18.7. The smallest absolute Gasteiger partial charge is 0.103 e. The molecule has 0 aliphatic carbocycles. The zero-order valence-corrected chi connectivity index (χ0v) is 13.5. The van der Waals surface area contributed by atoms with Gasteiger partial charge in [0.15, 0.2) is 0 Å². The van der Waals surface area contributed by atoms with Crippen molar-refractivity contribution in [2.75, 3.05) is 52.6 Å². The van der Waals surface area contributed by atoms with Crippen LogP contribution in [-0.4, -0.2) is 57.1 Å². The van der Waals surface area contributed by atoms with Crippen molar-refractivity contribution in [2.24, 2.45) is 0 Å². The Kier molecular flexibility index (Phi) is 14.9. The Morgan fingerprint density at radius 3 is 1.56 bits per heavy atom.